The van der Waals surface area contributed by atoms with E-state index in [2.05, 4.69) is 15.2 Å². The molecule has 1 N–H and O–H groups in total. The highest BCUT2D eigenvalue weighted by Crippen LogP contribution is 2.53. The van der Waals surface area contributed by atoms with Crippen molar-refractivity contribution >= 4 is 21.9 Å². The molecule has 2 atom stereocenters. The van der Waals surface area contributed by atoms with E-state index in [4.69, 9.17) is 0 Å². The number of hydrogen-bond donors (Lipinski definition) is 1. The zero-order valence-electron chi connectivity index (χ0n) is 24.8. The van der Waals surface area contributed by atoms with Gasteiger partial charge < -0.3 is 5.11 Å². The van der Waals surface area contributed by atoms with Crippen LogP contribution >= 0.6 is 0 Å². The number of aromatic nitrogens is 5. The maximum absolute atomic E-state index is 14.5. The first-order chi connectivity index (χ1) is 21.4. The second-order valence-electron chi connectivity index (χ2n) is 12.7. The van der Waals surface area contributed by atoms with Crippen LogP contribution in [0.2, 0.25) is 0 Å². The van der Waals surface area contributed by atoms with E-state index in [1.165, 1.54) is 39.4 Å². The molecule has 0 saturated heterocycles. The van der Waals surface area contributed by atoms with Crippen molar-refractivity contribution in [3.8, 4) is 5.69 Å². The lowest BCUT2D eigenvalue weighted by atomic mass is 9.60. The third kappa shape index (κ3) is 5.02. The number of rotatable bonds is 7. The number of allylic oxidation sites excluding steroid dienone is 1. The fourth-order valence-electron chi connectivity index (χ4n) is 7.33. The molecule has 0 unspecified atom stereocenters. The Morgan fingerprint density at radius 1 is 1.07 bits per heavy atom. The van der Waals surface area contributed by atoms with Crippen LogP contribution in [0.1, 0.15) is 60.8 Å². The van der Waals surface area contributed by atoms with Crippen molar-refractivity contribution in [1.82, 2.24) is 28.9 Å². The van der Waals surface area contributed by atoms with Gasteiger partial charge in [0.1, 0.15) is 17.3 Å². The second-order valence-corrected chi connectivity index (χ2v) is 14.5. The van der Waals surface area contributed by atoms with Gasteiger partial charge in [0.15, 0.2) is 10.8 Å². The Bertz CT molecular complexity index is 1940. The van der Waals surface area contributed by atoms with E-state index in [-0.39, 0.29) is 42.2 Å². The van der Waals surface area contributed by atoms with Crippen LogP contribution in [-0.2, 0) is 23.5 Å². The minimum absolute atomic E-state index is 0.0402. The molecule has 3 aliphatic carbocycles. The second kappa shape index (κ2) is 10.5. The molecule has 2 saturated carbocycles. The molecule has 3 aliphatic rings. The molecule has 0 spiro atoms. The predicted molar refractivity (Wildman–Crippen MR) is 160 cm³/mol. The van der Waals surface area contributed by atoms with Gasteiger partial charge in [0, 0.05) is 37.6 Å². The Hall–Kier alpha value is -4.07. The number of aryl methyl sites for hydroxylation is 1. The summed E-state index contributed by atoms with van der Waals surface area (Å²) in [6.45, 7) is 1.68. The molecule has 10 nitrogen and oxygen atoms in total. The number of aliphatic hydroxyl groups is 1. The summed E-state index contributed by atoms with van der Waals surface area (Å²) < 4.78 is 61.0. The predicted octanol–water partition coefficient (Wildman–Crippen LogP) is 4.24. The van der Waals surface area contributed by atoms with Crippen molar-refractivity contribution in [1.29, 1.82) is 0 Å². The standard InChI is InChI=1S/C32H32F2N6O4S/c1-31(42)16-26(17-31)40(45(43,44)29-10-12-38(2)37-29)25-6-3-21-13-28-20(19-36-39(28)24-7-4-22(33)5-8-24)15-32(21,18-25)30(41)27-14-23(34)9-11-35-27/h4-5,7-14,19,25-26,42H,3,6,15-18H2,1-2H3/t25-,26-,31+,32-/m0/s1. The summed E-state index contributed by atoms with van der Waals surface area (Å²) in [5.41, 5.74) is 0.660. The molecule has 45 heavy (non-hydrogen) atoms. The lowest BCUT2D eigenvalue weighted by Gasteiger charge is -2.52. The Labute approximate surface area is 259 Å². The minimum atomic E-state index is -4.11. The first-order valence-corrected chi connectivity index (χ1v) is 16.3. The number of carbonyl (C=O) groups excluding carboxylic acids is 1. The highest BCUT2D eigenvalue weighted by atomic mass is 32.2. The molecule has 3 heterocycles. The average Bonchev–Trinajstić information content (AvgIpc) is 3.61. The van der Waals surface area contributed by atoms with Gasteiger partial charge in [-0.05, 0) is 93.5 Å². The van der Waals surface area contributed by atoms with Gasteiger partial charge in [0.25, 0.3) is 10.0 Å². The number of Topliss-reactive ketones (excluding diaryl/α,β-unsaturated/α-hetero) is 1. The number of sulfonamides is 1. The normalized spacial score (nSPS) is 26.1. The third-order valence-corrected chi connectivity index (χ3v) is 11.3. The summed E-state index contributed by atoms with van der Waals surface area (Å²) in [6.07, 6.45) is 8.01. The molecule has 1 aromatic carbocycles. The average molecular weight is 635 g/mol. The number of nitrogens with zero attached hydrogens (tertiary/aromatic N) is 6. The van der Waals surface area contributed by atoms with Crippen LogP contribution in [0, 0.1) is 17.0 Å². The highest BCUT2D eigenvalue weighted by molar-refractivity contribution is 7.89. The van der Waals surface area contributed by atoms with E-state index in [1.54, 1.807) is 43.2 Å². The Morgan fingerprint density at radius 2 is 1.82 bits per heavy atom. The number of hydrogen-bond acceptors (Lipinski definition) is 7. The van der Waals surface area contributed by atoms with Crippen LogP contribution in [0.15, 0.2) is 71.7 Å². The van der Waals surface area contributed by atoms with Crippen molar-refractivity contribution in [2.24, 2.45) is 12.5 Å². The Morgan fingerprint density at radius 3 is 2.49 bits per heavy atom. The van der Waals surface area contributed by atoms with Gasteiger partial charge in [-0.25, -0.2) is 21.9 Å². The van der Waals surface area contributed by atoms with Crippen LogP contribution in [0.4, 0.5) is 8.78 Å². The number of ketones is 1. The molecule has 0 amide bonds. The summed E-state index contributed by atoms with van der Waals surface area (Å²) in [5.74, 6) is -1.37. The molecule has 4 aromatic rings. The van der Waals surface area contributed by atoms with Gasteiger partial charge in [-0.3, -0.25) is 14.5 Å². The van der Waals surface area contributed by atoms with Crippen LogP contribution in [0.25, 0.3) is 11.8 Å². The van der Waals surface area contributed by atoms with Gasteiger partial charge in [-0.15, -0.1) is 0 Å². The molecule has 0 radical (unpaired) electrons. The minimum Gasteiger partial charge on any atom is -0.390 e. The largest absolute Gasteiger partial charge is 0.390 e. The Kier molecular flexibility index (Phi) is 6.91. The Balaban J connectivity index is 1.33. The monoisotopic (exact) mass is 634 g/mol. The van der Waals surface area contributed by atoms with E-state index < -0.39 is 44.7 Å². The van der Waals surface area contributed by atoms with Crippen LogP contribution in [0.3, 0.4) is 0 Å². The number of halogens is 2. The smallest absolute Gasteiger partial charge is 0.262 e. The first-order valence-electron chi connectivity index (χ1n) is 14.8. The summed E-state index contributed by atoms with van der Waals surface area (Å²) >= 11 is 0. The van der Waals surface area contributed by atoms with Crippen LogP contribution in [0.5, 0.6) is 0 Å². The summed E-state index contributed by atoms with van der Waals surface area (Å²) in [5, 5.41) is 19.3. The fraction of sp³-hybridized carbons (Fsp3) is 0.375. The number of benzene rings is 1. The van der Waals surface area contributed by atoms with Crippen molar-refractivity contribution in [2.75, 3.05) is 0 Å². The van der Waals surface area contributed by atoms with Gasteiger partial charge in [0.05, 0.1) is 28.6 Å². The van der Waals surface area contributed by atoms with E-state index >= 15 is 0 Å². The summed E-state index contributed by atoms with van der Waals surface area (Å²) in [6, 6.07) is 8.58. The summed E-state index contributed by atoms with van der Waals surface area (Å²) in [4.78, 5) is 18.7. The molecular formula is C32H32F2N6O4S. The molecule has 7 rings (SSSR count). The van der Waals surface area contributed by atoms with Crippen molar-refractivity contribution in [3.05, 3.63) is 95.2 Å². The van der Waals surface area contributed by atoms with E-state index in [1.807, 2.05) is 6.08 Å². The van der Waals surface area contributed by atoms with Gasteiger partial charge in [-0.2, -0.15) is 14.5 Å². The van der Waals surface area contributed by atoms with Crippen molar-refractivity contribution in [2.45, 2.75) is 68.2 Å². The van der Waals surface area contributed by atoms with E-state index in [0.717, 1.165) is 22.9 Å². The maximum Gasteiger partial charge on any atom is 0.262 e. The van der Waals surface area contributed by atoms with Crippen LogP contribution in [-0.4, -0.2) is 65.8 Å². The topological polar surface area (TPSA) is 123 Å². The highest BCUT2D eigenvalue weighted by Gasteiger charge is 2.55. The number of fused-ring (bicyclic) bond motifs is 2. The first kappa shape index (κ1) is 29.6. The third-order valence-electron chi connectivity index (χ3n) is 9.40. The van der Waals surface area contributed by atoms with Crippen molar-refractivity contribution in [3.63, 3.8) is 0 Å². The lowest BCUT2D eigenvalue weighted by Crippen LogP contribution is -2.60. The molecule has 234 valence electrons. The van der Waals surface area contributed by atoms with E-state index in [9.17, 15) is 27.1 Å². The quantitative estimate of drug-likeness (QED) is 0.302. The molecule has 0 aliphatic heterocycles. The van der Waals surface area contributed by atoms with Gasteiger partial charge in [0.2, 0.25) is 0 Å². The number of pyridine rings is 1. The SMILES string of the molecule is Cn1ccc(S(=O)(=O)N([C@H]2CCC3=Cc4c(cnn4-c4ccc(F)cc4)C[C@]3(C(=O)c3cc(F)ccn3)C2)[C@H]2C[C@@](C)(O)C2)n1. The van der Waals surface area contributed by atoms with Crippen molar-refractivity contribution < 1.29 is 27.1 Å². The van der Waals surface area contributed by atoms with Gasteiger partial charge >= 0.3 is 0 Å². The molecule has 3 aromatic heterocycles. The van der Waals surface area contributed by atoms with Crippen LogP contribution < -0.4 is 0 Å². The summed E-state index contributed by atoms with van der Waals surface area (Å²) in [7, 11) is -2.47. The zero-order chi connectivity index (χ0) is 31.7. The molecular weight excluding hydrogens is 602 g/mol. The van der Waals surface area contributed by atoms with E-state index in [0.29, 0.717) is 18.5 Å². The maximum atomic E-state index is 14.5. The zero-order valence-corrected chi connectivity index (χ0v) is 25.6. The number of carbonyl (C=O) groups is 1. The lowest BCUT2D eigenvalue weighted by molar-refractivity contribution is -0.0690. The van der Waals surface area contributed by atoms with Gasteiger partial charge in [-0.1, -0.05) is 5.57 Å². The molecule has 0 bridgehead atoms. The fourth-order valence-corrected chi connectivity index (χ4v) is 9.12. The molecule has 2 fully saturated rings. The molecule has 13 heteroatoms.